The molecule has 78 valence electrons. The lowest BCUT2D eigenvalue weighted by Crippen LogP contribution is -2.03. The highest BCUT2D eigenvalue weighted by Crippen LogP contribution is 2.24. The van der Waals surface area contributed by atoms with E-state index in [9.17, 15) is 0 Å². The van der Waals surface area contributed by atoms with Gasteiger partial charge in [-0.05, 0) is 17.7 Å². The van der Waals surface area contributed by atoms with Crippen LogP contribution in [0.4, 0.5) is 0 Å². The minimum atomic E-state index is 0. The summed E-state index contributed by atoms with van der Waals surface area (Å²) in [6.07, 6.45) is 0. The Hall–Kier alpha value is -0.0900. The van der Waals surface area contributed by atoms with E-state index in [4.69, 9.17) is 34.3 Å². The average Bonchev–Trinajstić information content (AvgIpc) is 2.02. The van der Waals surface area contributed by atoms with Gasteiger partial charge < -0.3 is 5.73 Å². The molecule has 3 N–H and O–H groups in total. The molecule has 0 amide bonds. The van der Waals surface area contributed by atoms with E-state index in [2.05, 4.69) is 0 Å². The zero-order chi connectivity index (χ0) is 9.84. The molecule has 0 saturated heterocycles. The van der Waals surface area contributed by atoms with E-state index in [1.165, 1.54) is 11.8 Å². The molecule has 1 rings (SSSR count). The smallest absolute Gasteiger partial charge is 0.151 e. The fourth-order valence-corrected chi connectivity index (χ4v) is 1.91. The van der Waals surface area contributed by atoms with E-state index in [1.54, 1.807) is 12.1 Å². The first-order valence-corrected chi connectivity index (χ1v) is 5.24. The Morgan fingerprint density at radius 1 is 1.43 bits per heavy atom. The van der Waals surface area contributed by atoms with Gasteiger partial charge in [0.15, 0.2) is 5.17 Å². The van der Waals surface area contributed by atoms with Crippen LogP contribution >= 0.6 is 47.4 Å². The van der Waals surface area contributed by atoms with E-state index in [-0.39, 0.29) is 17.6 Å². The van der Waals surface area contributed by atoms with Crippen LogP contribution in [0.15, 0.2) is 18.2 Å². The number of hydrogen-bond acceptors (Lipinski definition) is 2. The summed E-state index contributed by atoms with van der Waals surface area (Å²) in [5, 5.41) is 8.34. The summed E-state index contributed by atoms with van der Waals surface area (Å²) in [6, 6.07) is 5.28. The summed E-state index contributed by atoms with van der Waals surface area (Å²) in [6.45, 7) is 0. The van der Waals surface area contributed by atoms with Gasteiger partial charge in [0, 0.05) is 15.8 Å². The molecule has 1 aromatic carbocycles. The first-order valence-electron chi connectivity index (χ1n) is 3.50. The van der Waals surface area contributed by atoms with E-state index < -0.39 is 0 Å². The van der Waals surface area contributed by atoms with E-state index in [0.717, 1.165) is 5.56 Å². The highest BCUT2D eigenvalue weighted by molar-refractivity contribution is 8.13. The zero-order valence-corrected chi connectivity index (χ0v) is 10.2. The molecule has 0 radical (unpaired) electrons. The second kappa shape index (κ2) is 6.40. The van der Waals surface area contributed by atoms with Crippen molar-refractivity contribution in [2.24, 2.45) is 5.73 Å². The second-order valence-corrected chi connectivity index (χ2v) is 4.25. The monoisotopic (exact) mass is 270 g/mol. The maximum absolute atomic E-state index is 7.03. The Bertz CT molecular complexity index is 330. The number of nitrogens with two attached hydrogens (primary N) is 1. The quantitative estimate of drug-likeness (QED) is 0.638. The van der Waals surface area contributed by atoms with Crippen LogP contribution in [0.1, 0.15) is 5.56 Å². The van der Waals surface area contributed by atoms with Crippen molar-refractivity contribution in [1.29, 1.82) is 5.41 Å². The van der Waals surface area contributed by atoms with Crippen molar-refractivity contribution in [3.05, 3.63) is 33.8 Å². The fraction of sp³-hybridized carbons (Fsp3) is 0.125. The molecular formula is C8H9Cl3N2S. The first kappa shape index (κ1) is 13.9. The minimum Gasteiger partial charge on any atom is -0.379 e. The molecule has 0 spiro atoms. The fourth-order valence-electron chi connectivity index (χ4n) is 0.794. The van der Waals surface area contributed by atoms with Crippen molar-refractivity contribution >= 4 is 52.5 Å². The van der Waals surface area contributed by atoms with Crippen LogP contribution < -0.4 is 5.73 Å². The molecule has 0 fully saturated rings. The average molecular weight is 272 g/mol. The molecule has 0 heterocycles. The Kier molecular flexibility index (Phi) is 6.36. The van der Waals surface area contributed by atoms with E-state index in [1.807, 2.05) is 6.07 Å². The van der Waals surface area contributed by atoms with E-state index in [0.29, 0.717) is 15.8 Å². The number of halogens is 3. The standard InChI is InChI=1S/C8H8Cl2N2S.ClH/c9-6-2-1-5(7(10)3-6)4-13-8(11)12;/h1-3H,4H2,(H3,11,12);1H. The molecule has 0 aliphatic heterocycles. The van der Waals surface area contributed by atoms with Crippen molar-refractivity contribution in [2.75, 3.05) is 0 Å². The van der Waals surface area contributed by atoms with Gasteiger partial charge in [-0.2, -0.15) is 0 Å². The highest BCUT2D eigenvalue weighted by atomic mass is 35.5. The number of rotatable bonds is 2. The summed E-state index contributed by atoms with van der Waals surface area (Å²) in [5.41, 5.74) is 6.13. The van der Waals surface area contributed by atoms with Crippen molar-refractivity contribution < 1.29 is 0 Å². The van der Waals surface area contributed by atoms with Gasteiger partial charge in [-0.15, -0.1) is 12.4 Å². The lowest BCUT2D eigenvalue weighted by Gasteiger charge is -2.02. The number of thioether (sulfide) groups is 1. The third-order valence-electron chi connectivity index (χ3n) is 1.40. The molecule has 0 bridgehead atoms. The molecular weight excluding hydrogens is 263 g/mol. The van der Waals surface area contributed by atoms with Crippen molar-refractivity contribution in [3.63, 3.8) is 0 Å². The lowest BCUT2D eigenvalue weighted by molar-refractivity contribution is 1.42. The van der Waals surface area contributed by atoms with Gasteiger partial charge >= 0.3 is 0 Å². The molecule has 0 atom stereocenters. The first-order chi connectivity index (χ1) is 6.09. The minimum absolute atomic E-state index is 0. The van der Waals surface area contributed by atoms with Crippen molar-refractivity contribution in [1.82, 2.24) is 0 Å². The number of nitrogens with one attached hydrogen (secondary N) is 1. The predicted octanol–water partition coefficient (Wildman–Crippen LogP) is 3.54. The maximum Gasteiger partial charge on any atom is 0.151 e. The van der Waals surface area contributed by atoms with Gasteiger partial charge in [0.1, 0.15) is 0 Å². The van der Waals surface area contributed by atoms with Gasteiger partial charge in [0.05, 0.1) is 0 Å². The molecule has 14 heavy (non-hydrogen) atoms. The molecule has 0 unspecified atom stereocenters. The lowest BCUT2D eigenvalue weighted by atomic mass is 10.2. The largest absolute Gasteiger partial charge is 0.379 e. The summed E-state index contributed by atoms with van der Waals surface area (Å²) in [4.78, 5) is 0. The molecule has 2 nitrogen and oxygen atoms in total. The van der Waals surface area contributed by atoms with Crippen LogP contribution in [-0.2, 0) is 5.75 Å². The van der Waals surface area contributed by atoms with Gasteiger partial charge in [-0.25, -0.2) is 0 Å². The number of benzene rings is 1. The summed E-state index contributed by atoms with van der Waals surface area (Å²) < 4.78 is 0. The van der Waals surface area contributed by atoms with Gasteiger partial charge in [-0.1, -0.05) is 41.0 Å². The summed E-state index contributed by atoms with van der Waals surface area (Å²) >= 11 is 12.9. The molecule has 1 aromatic rings. The van der Waals surface area contributed by atoms with Crippen LogP contribution in [0.25, 0.3) is 0 Å². The van der Waals surface area contributed by atoms with Crippen LogP contribution in [-0.4, -0.2) is 5.17 Å². The van der Waals surface area contributed by atoms with Crippen molar-refractivity contribution in [3.8, 4) is 0 Å². The molecule has 0 saturated carbocycles. The molecule has 0 aromatic heterocycles. The van der Waals surface area contributed by atoms with Crippen LogP contribution in [0.3, 0.4) is 0 Å². The molecule has 0 aliphatic carbocycles. The third-order valence-corrected chi connectivity index (χ3v) is 2.75. The second-order valence-electron chi connectivity index (χ2n) is 2.39. The van der Waals surface area contributed by atoms with Gasteiger partial charge in [-0.3, -0.25) is 5.41 Å². The van der Waals surface area contributed by atoms with Crippen LogP contribution in [0, 0.1) is 5.41 Å². The topological polar surface area (TPSA) is 49.9 Å². The SMILES string of the molecule is Cl.N=C(N)SCc1ccc(Cl)cc1Cl. The maximum atomic E-state index is 7.03. The highest BCUT2D eigenvalue weighted by Gasteiger charge is 2.01. The third kappa shape index (κ3) is 4.42. The van der Waals surface area contributed by atoms with Crippen LogP contribution in [0.2, 0.25) is 10.0 Å². The Morgan fingerprint density at radius 2 is 2.07 bits per heavy atom. The normalized spacial score (nSPS) is 9.29. The number of hydrogen-bond donors (Lipinski definition) is 2. The predicted molar refractivity (Wildman–Crippen MR) is 66.9 cm³/mol. The van der Waals surface area contributed by atoms with Gasteiger partial charge in [0.25, 0.3) is 0 Å². The summed E-state index contributed by atoms with van der Waals surface area (Å²) in [5.74, 6) is 0.603. The summed E-state index contributed by atoms with van der Waals surface area (Å²) in [7, 11) is 0. The van der Waals surface area contributed by atoms with Crippen molar-refractivity contribution in [2.45, 2.75) is 5.75 Å². The Morgan fingerprint density at radius 3 is 2.57 bits per heavy atom. The number of amidine groups is 1. The molecule has 0 aliphatic rings. The molecule has 6 heteroatoms. The van der Waals surface area contributed by atoms with E-state index >= 15 is 0 Å². The Balaban J connectivity index is 0.00000169. The van der Waals surface area contributed by atoms with Crippen LogP contribution in [0.5, 0.6) is 0 Å². The Labute approximate surface area is 103 Å². The van der Waals surface area contributed by atoms with Gasteiger partial charge in [0.2, 0.25) is 0 Å². The zero-order valence-electron chi connectivity index (χ0n) is 7.09.